The molecule has 0 aliphatic carbocycles. The highest BCUT2D eigenvalue weighted by Crippen LogP contribution is 2.31. The van der Waals surface area contributed by atoms with E-state index in [0.29, 0.717) is 38.5 Å². The topological polar surface area (TPSA) is 90.1 Å². The minimum Gasteiger partial charge on any atom is -0.507 e. The molecule has 0 saturated carbocycles. The van der Waals surface area contributed by atoms with E-state index in [-0.39, 0.29) is 17.9 Å². The molecule has 2 aromatic carbocycles. The molecule has 1 N–H and O–H groups in total. The summed E-state index contributed by atoms with van der Waals surface area (Å²) in [6.45, 7) is 6.13. The quantitative estimate of drug-likeness (QED) is 0.567. The molecular weight excluding hydrogens is 440 g/mol. The second kappa shape index (κ2) is 9.46. The second-order valence-electron chi connectivity index (χ2n) is 7.36. The van der Waals surface area contributed by atoms with Crippen molar-refractivity contribution in [2.24, 2.45) is 4.99 Å². The zero-order valence-electron chi connectivity index (χ0n) is 18.6. The molecule has 1 aromatic heterocycles. The van der Waals surface area contributed by atoms with Gasteiger partial charge in [-0.15, -0.1) is 0 Å². The van der Waals surface area contributed by atoms with Crippen molar-refractivity contribution in [1.29, 1.82) is 0 Å². The SMILES string of the molecule is CCOC(=O)C1=C(C)N=c2s/c(=C\c3ccccc3O)c(=O)n2[C@H]1c1ccc(OCC)cc1. The number of aromatic nitrogens is 1. The second-order valence-corrected chi connectivity index (χ2v) is 8.37. The minimum atomic E-state index is -0.692. The van der Waals surface area contributed by atoms with Gasteiger partial charge in [-0.1, -0.05) is 41.7 Å². The number of esters is 1. The molecule has 0 bridgehead atoms. The fourth-order valence-electron chi connectivity index (χ4n) is 3.77. The summed E-state index contributed by atoms with van der Waals surface area (Å²) >= 11 is 1.21. The summed E-state index contributed by atoms with van der Waals surface area (Å²) < 4.78 is 12.8. The molecule has 1 atom stereocenters. The van der Waals surface area contributed by atoms with Gasteiger partial charge in [0.05, 0.1) is 35.1 Å². The van der Waals surface area contributed by atoms with Crippen molar-refractivity contribution in [3.8, 4) is 11.5 Å². The normalized spacial score (nSPS) is 15.7. The number of phenols is 1. The number of nitrogens with zero attached hydrogens (tertiary/aromatic N) is 2. The first-order valence-corrected chi connectivity index (χ1v) is 11.5. The molecular formula is C25H24N2O5S. The number of thiazole rings is 1. The van der Waals surface area contributed by atoms with Crippen molar-refractivity contribution in [2.45, 2.75) is 26.8 Å². The molecule has 170 valence electrons. The largest absolute Gasteiger partial charge is 0.507 e. The predicted octanol–water partition coefficient (Wildman–Crippen LogP) is 2.90. The predicted molar refractivity (Wildman–Crippen MR) is 126 cm³/mol. The molecule has 3 aromatic rings. The molecule has 0 spiro atoms. The van der Waals surface area contributed by atoms with Gasteiger partial charge in [-0.25, -0.2) is 9.79 Å². The number of phenolic OH excluding ortho intramolecular Hbond substituents is 1. The molecule has 33 heavy (non-hydrogen) atoms. The van der Waals surface area contributed by atoms with Crippen molar-refractivity contribution in [1.82, 2.24) is 4.57 Å². The smallest absolute Gasteiger partial charge is 0.338 e. The van der Waals surface area contributed by atoms with Crippen LogP contribution in [0.3, 0.4) is 0 Å². The van der Waals surface area contributed by atoms with E-state index in [1.54, 1.807) is 44.2 Å². The van der Waals surface area contributed by atoms with Gasteiger partial charge in [0.15, 0.2) is 4.80 Å². The van der Waals surface area contributed by atoms with Gasteiger partial charge < -0.3 is 14.6 Å². The fourth-order valence-corrected chi connectivity index (χ4v) is 4.81. The number of fused-ring (bicyclic) bond motifs is 1. The molecule has 1 aliphatic heterocycles. The molecule has 0 fully saturated rings. The van der Waals surface area contributed by atoms with Crippen LogP contribution in [0.1, 0.15) is 37.9 Å². The number of hydrogen-bond donors (Lipinski definition) is 1. The third-order valence-electron chi connectivity index (χ3n) is 5.25. The number of carbonyl (C=O) groups excluding carboxylic acids is 1. The lowest BCUT2D eigenvalue weighted by Crippen LogP contribution is -2.39. The summed E-state index contributed by atoms with van der Waals surface area (Å²) in [5.41, 5.74) is 1.80. The zero-order chi connectivity index (χ0) is 23.5. The van der Waals surface area contributed by atoms with Crippen LogP contribution >= 0.6 is 11.3 Å². The lowest BCUT2D eigenvalue weighted by atomic mass is 9.96. The van der Waals surface area contributed by atoms with Crippen LogP contribution in [0, 0.1) is 0 Å². The standard InChI is InChI=1S/C25H24N2O5S/c1-4-31-18-12-10-16(11-13-18)22-21(24(30)32-5-2)15(3)26-25-27(22)23(29)20(33-25)14-17-8-6-7-9-19(17)28/h6-14,22,28H,4-5H2,1-3H3/b20-14-/t22-/m0/s1. The summed E-state index contributed by atoms with van der Waals surface area (Å²) in [6, 6.07) is 13.4. The summed E-state index contributed by atoms with van der Waals surface area (Å²) in [7, 11) is 0. The molecule has 0 unspecified atom stereocenters. The lowest BCUT2D eigenvalue weighted by molar-refractivity contribution is -0.139. The van der Waals surface area contributed by atoms with Crippen LogP contribution in [-0.2, 0) is 9.53 Å². The van der Waals surface area contributed by atoms with E-state index in [4.69, 9.17) is 9.47 Å². The summed E-state index contributed by atoms with van der Waals surface area (Å²) in [5.74, 6) is 0.272. The van der Waals surface area contributed by atoms with Gasteiger partial charge in [0.2, 0.25) is 0 Å². The van der Waals surface area contributed by atoms with Crippen molar-refractivity contribution in [3.63, 3.8) is 0 Å². The Labute approximate surface area is 194 Å². The molecule has 0 amide bonds. The maximum absolute atomic E-state index is 13.5. The van der Waals surface area contributed by atoms with E-state index in [0.717, 1.165) is 5.56 Å². The Bertz CT molecular complexity index is 1400. The molecule has 2 heterocycles. The highest BCUT2D eigenvalue weighted by Gasteiger charge is 2.33. The Morgan fingerprint density at radius 2 is 1.88 bits per heavy atom. The number of hydrogen-bond acceptors (Lipinski definition) is 7. The van der Waals surface area contributed by atoms with Crippen molar-refractivity contribution < 1.29 is 19.4 Å². The van der Waals surface area contributed by atoms with E-state index >= 15 is 0 Å². The van der Waals surface area contributed by atoms with Gasteiger partial charge in [0, 0.05) is 5.56 Å². The van der Waals surface area contributed by atoms with E-state index in [9.17, 15) is 14.7 Å². The summed E-state index contributed by atoms with van der Waals surface area (Å²) in [5, 5.41) is 10.1. The van der Waals surface area contributed by atoms with Gasteiger partial charge >= 0.3 is 5.97 Å². The number of allylic oxidation sites excluding steroid dienone is 1. The van der Waals surface area contributed by atoms with Crippen molar-refractivity contribution in [3.05, 3.63) is 90.6 Å². The third-order valence-corrected chi connectivity index (χ3v) is 6.23. The van der Waals surface area contributed by atoms with Crippen molar-refractivity contribution >= 4 is 23.4 Å². The number of para-hydroxylation sites is 1. The first-order valence-electron chi connectivity index (χ1n) is 10.6. The average Bonchev–Trinajstić information content (AvgIpc) is 3.10. The van der Waals surface area contributed by atoms with Crippen LogP contribution in [0.15, 0.2) is 69.6 Å². The van der Waals surface area contributed by atoms with Gasteiger partial charge in [0.1, 0.15) is 11.5 Å². The average molecular weight is 465 g/mol. The molecule has 7 nitrogen and oxygen atoms in total. The highest BCUT2D eigenvalue weighted by atomic mass is 32.1. The Morgan fingerprint density at radius 1 is 1.15 bits per heavy atom. The Balaban J connectivity index is 1.93. The van der Waals surface area contributed by atoms with Gasteiger partial charge in [-0.05, 0) is 50.6 Å². The van der Waals surface area contributed by atoms with Crippen LogP contribution in [0.4, 0.5) is 0 Å². The minimum absolute atomic E-state index is 0.0785. The van der Waals surface area contributed by atoms with Crippen molar-refractivity contribution in [2.75, 3.05) is 13.2 Å². The zero-order valence-corrected chi connectivity index (χ0v) is 19.4. The first kappa shape index (κ1) is 22.5. The van der Waals surface area contributed by atoms with E-state index in [2.05, 4.69) is 4.99 Å². The first-order chi connectivity index (χ1) is 15.9. The van der Waals surface area contributed by atoms with Gasteiger partial charge in [-0.2, -0.15) is 0 Å². The Morgan fingerprint density at radius 3 is 2.55 bits per heavy atom. The molecule has 1 aliphatic rings. The number of rotatable bonds is 6. The van der Waals surface area contributed by atoms with Gasteiger partial charge in [0.25, 0.3) is 5.56 Å². The number of aromatic hydroxyl groups is 1. The fraction of sp³-hybridized carbons (Fsp3) is 0.240. The molecule has 4 rings (SSSR count). The maximum Gasteiger partial charge on any atom is 0.338 e. The van der Waals surface area contributed by atoms with Crippen LogP contribution < -0.4 is 19.6 Å². The molecule has 0 saturated heterocycles. The Hall–Kier alpha value is -3.65. The molecule has 0 radical (unpaired) electrons. The maximum atomic E-state index is 13.5. The third kappa shape index (κ3) is 4.34. The summed E-state index contributed by atoms with van der Waals surface area (Å²) in [4.78, 5) is 31.5. The number of carbonyl (C=O) groups is 1. The van der Waals surface area contributed by atoms with Crippen LogP contribution in [-0.4, -0.2) is 28.9 Å². The number of ether oxygens (including phenoxy) is 2. The van der Waals surface area contributed by atoms with Crippen LogP contribution in [0.5, 0.6) is 11.5 Å². The van der Waals surface area contributed by atoms with E-state index in [1.165, 1.54) is 15.9 Å². The van der Waals surface area contributed by atoms with E-state index < -0.39 is 12.0 Å². The molecule has 8 heteroatoms. The van der Waals surface area contributed by atoms with Crippen LogP contribution in [0.2, 0.25) is 0 Å². The van der Waals surface area contributed by atoms with Gasteiger partial charge in [-0.3, -0.25) is 9.36 Å². The number of benzene rings is 2. The van der Waals surface area contributed by atoms with Crippen LogP contribution in [0.25, 0.3) is 6.08 Å². The Kier molecular flexibility index (Phi) is 6.46. The van der Waals surface area contributed by atoms with E-state index in [1.807, 2.05) is 31.2 Å². The monoisotopic (exact) mass is 464 g/mol. The lowest BCUT2D eigenvalue weighted by Gasteiger charge is -2.24. The summed E-state index contributed by atoms with van der Waals surface area (Å²) in [6.07, 6.45) is 1.64. The highest BCUT2D eigenvalue weighted by molar-refractivity contribution is 7.07.